The molecule has 4 N–H and O–H groups in total. The third kappa shape index (κ3) is 6.84. The van der Waals surface area contributed by atoms with E-state index in [-0.39, 0.29) is 17.2 Å². The Balaban J connectivity index is 1.68. The van der Waals surface area contributed by atoms with Crippen molar-refractivity contribution in [2.75, 3.05) is 16.4 Å². The van der Waals surface area contributed by atoms with Gasteiger partial charge in [0.05, 0.1) is 28.3 Å². The number of rotatable bonds is 7. The van der Waals surface area contributed by atoms with Gasteiger partial charge in [0.25, 0.3) is 0 Å². The molecular weight excluding hydrogens is 691 g/mol. The van der Waals surface area contributed by atoms with E-state index in [1.165, 1.54) is 6.92 Å². The fraction of sp³-hybridized carbons (Fsp3) is 0.207. The molecule has 7 nitrogen and oxygen atoms in total. The van der Waals surface area contributed by atoms with Crippen molar-refractivity contribution >= 4 is 73.5 Å². The normalized spacial score (nSPS) is 20.5. The largest absolute Gasteiger partial charge is 0.370 e. The van der Waals surface area contributed by atoms with Crippen molar-refractivity contribution in [3.8, 4) is 6.07 Å². The van der Waals surface area contributed by atoms with Crippen LogP contribution in [0.5, 0.6) is 0 Å². The molecule has 0 unspecified atom stereocenters. The smallest absolute Gasteiger partial charge is 0.234 e. The molecule has 2 amide bonds. The lowest BCUT2D eigenvalue weighted by atomic mass is 9.73. The molecule has 3 aromatic rings. The fourth-order valence-electron chi connectivity index (χ4n) is 4.50. The quantitative estimate of drug-likeness (QED) is 0.219. The number of aryl methyl sites for hydroxylation is 1. The van der Waals surface area contributed by atoms with E-state index < -0.39 is 23.5 Å². The van der Waals surface area contributed by atoms with Crippen LogP contribution in [0.4, 0.5) is 11.4 Å². The Kier molecular flexibility index (Phi) is 9.38. The summed E-state index contributed by atoms with van der Waals surface area (Å²) in [6.45, 7) is 3.41. The number of hydrogen-bond donors (Lipinski definition) is 4. The molecule has 1 aliphatic rings. The fourth-order valence-corrected chi connectivity index (χ4v) is 6.44. The molecule has 0 fully saturated rings. The van der Waals surface area contributed by atoms with Crippen molar-refractivity contribution in [1.29, 1.82) is 5.26 Å². The van der Waals surface area contributed by atoms with Crippen LogP contribution in [0.3, 0.4) is 0 Å². The number of para-hydroxylation sites is 1. The van der Waals surface area contributed by atoms with Gasteiger partial charge in [0.1, 0.15) is 5.72 Å². The summed E-state index contributed by atoms with van der Waals surface area (Å²) in [6, 6.07) is 24.4. The monoisotopic (exact) mass is 716 g/mol. The van der Waals surface area contributed by atoms with Gasteiger partial charge in [-0.2, -0.15) is 5.26 Å². The Bertz CT molecular complexity index is 1470. The van der Waals surface area contributed by atoms with Gasteiger partial charge >= 0.3 is 0 Å². The number of halogens is 2. The molecule has 0 bridgehead atoms. The average molecular weight is 717 g/mol. The number of carbonyl (C=O) groups is 2. The molecule has 0 aromatic heterocycles. The third-order valence-electron chi connectivity index (χ3n) is 6.38. The van der Waals surface area contributed by atoms with Crippen molar-refractivity contribution in [1.82, 2.24) is 5.32 Å². The number of carbonyl (C=O) groups excluding carboxylic acids is 2. The van der Waals surface area contributed by atoms with E-state index in [0.29, 0.717) is 16.4 Å². The number of anilines is 2. The van der Waals surface area contributed by atoms with Crippen LogP contribution in [0.1, 0.15) is 24.0 Å². The maximum Gasteiger partial charge on any atom is 0.234 e. The molecule has 1 heterocycles. The van der Waals surface area contributed by atoms with Crippen molar-refractivity contribution in [2.24, 2.45) is 5.92 Å². The number of nitriles is 1. The Hall–Kier alpha value is -2.85. The SMILES string of the molecule is Cc1ccccc1NC(=O)[C@H]1[C@@H](c2ccccc2I)C(C#N)=C(SCC(=O)Nc2ccc(Br)cc2)N[C@@]1(C)O. The summed E-state index contributed by atoms with van der Waals surface area (Å²) in [6.07, 6.45) is 0. The highest BCUT2D eigenvalue weighted by Crippen LogP contribution is 2.46. The third-order valence-corrected chi connectivity index (χ3v) is 8.91. The molecule has 1 aliphatic heterocycles. The van der Waals surface area contributed by atoms with Crippen molar-refractivity contribution < 1.29 is 14.7 Å². The molecule has 0 saturated carbocycles. The zero-order valence-electron chi connectivity index (χ0n) is 21.2. The lowest BCUT2D eigenvalue weighted by Crippen LogP contribution is -2.57. The molecule has 0 aliphatic carbocycles. The summed E-state index contributed by atoms with van der Waals surface area (Å²) in [5.41, 5.74) is 1.47. The van der Waals surface area contributed by atoms with E-state index >= 15 is 0 Å². The number of thioether (sulfide) groups is 1. The van der Waals surface area contributed by atoms with Gasteiger partial charge in [-0.1, -0.05) is 64.1 Å². The van der Waals surface area contributed by atoms with Crippen molar-refractivity contribution in [3.05, 3.63) is 103 Å². The van der Waals surface area contributed by atoms with Crippen LogP contribution in [-0.4, -0.2) is 28.4 Å². The van der Waals surface area contributed by atoms with E-state index in [0.717, 1.165) is 30.9 Å². The maximum atomic E-state index is 13.8. The maximum absolute atomic E-state index is 13.8. The van der Waals surface area contributed by atoms with Gasteiger partial charge in [-0.05, 0) is 84.0 Å². The second-order valence-corrected chi connectivity index (χ2v) is 12.3. The zero-order chi connectivity index (χ0) is 28.2. The first-order valence-corrected chi connectivity index (χ1v) is 14.9. The summed E-state index contributed by atoms with van der Waals surface area (Å²) in [5.74, 6) is -2.47. The van der Waals surface area contributed by atoms with Crippen LogP contribution >= 0.6 is 50.3 Å². The number of nitrogens with one attached hydrogen (secondary N) is 3. The van der Waals surface area contributed by atoms with E-state index in [2.05, 4.69) is 60.5 Å². The van der Waals surface area contributed by atoms with E-state index in [4.69, 9.17) is 0 Å². The Labute approximate surface area is 253 Å². The van der Waals surface area contributed by atoms with Crippen LogP contribution in [0.25, 0.3) is 0 Å². The molecule has 0 saturated heterocycles. The highest BCUT2D eigenvalue weighted by atomic mass is 127. The van der Waals surface area contributed by atoms with Crippen LogP contribution in [0.15, 0.2) is 87.9 Å². The molecule has 4 rings (SSSR count). The standard InChI is InChI=1S/C29H26BrIN4O3S/c1-17-7-3-6-10-23(17)34-27(37)26-25(20-8-4-5-9-22(20)31)21(15-32)28(35-29(26,2)38)39-16-24(36)33-19-13-11-18(30)12-14-19/h3-14,25-26,35,38H,16H2,1-2H3,(H,33,36)(H,34,37)/t25-,26+,29-/m0/s1. The predicted octanol–water partition coefficient (Wildman–Crippen LogP) is 6.12. The number of aliphatic hydroxyl groups is 1. The van der Waals surface area contributed by atoms with Crippen LogP contribution < -0.4 is 16.0 Å². The van der Waals surface area contributed by atoms with E-state index in [1.807, 2.05) is 61.5 Å². The minimum absolute atomic E-state index is 0.00165. The average Bonchev–Trinajstić information content (AvgIpc) is 2.89. The molecule has 0 radical (unpaired) electrons. The van der Waals surface area contributed by atoms with Crippen molar-refractivity contribution in [2.45, 2.75) is 25.5 Å². The Morgan fingerprint density at radius 2 is 1.77 bits per heavy atom. The second-order valence-electron chi connectivity index (χ2n) is 9.25. The topological polar surface area (TPSA) is 114 Å². The van der Waals surface area contributed by atoms with E-state index in [9.17, 15) is 20.0 Å². The number of benzene rings is 3. The summed E-state index contributed by atoms with van der Waals surface area (Å²) < 4.78 is 1.76. The van der Waals surface area contributed by atoms with Gasteiger partial charge in [0.15, 0.2) is 0 Å². The molecule has 200 valence electrons. The summed E-state index contributed by atoms with van der Waals surface area (Å²) in [4.78, 5) is 26.5. The Morgan fingerprint density at radius 3 is 2.44 bits per heavy atom. The van der Waals surface area contributed by atoms with E-state index in [1.54, 1.807) is 18.2 Å². The molecule has 3 aromatic carbocycles. The summed E-state index contributed by atoms with van der Waals surface area (Å²) >= 11 is 6.67. The van der Waals surface area contributed by atoms with Gasteiger partial charge in [0, 0.05) is 25.3 Å². The van der Waals surface area contributed by atoms with Gasteiger partial charge < -0.3 is 21.1 Å². The first-order chi connectivity index (χ1) is 18.6. The number of nitrogens with zero attached hydrogens (tertiary/aromatic N) is 1. The van der Waals surface area contributed by atoms with Gasteiger partial charge in [-0.25, -0.2) is 0 Å². The number of hydrogen-bond acceptors (Lipinski definition) is 6. The highest BCUT2D eigenvalue weighted by Gasteiger charge is 2.50. The van der Waals surface area contributed by atoms with Gasteiger partial charge in [-0.15, -0.1) is 0 Å². The molecule has 10 heteroatoms. The molecule has 0 spiro atoms. The number of allylic oxidation sites excluding steroid dienone is 1. The Morgan fingerprint density at radius 1 is 1.10 bits per heavy atom. The first kappa shape index (κ1) is 29.1. The zero-order valence-corrected chi connectivity index (χ0v) is 25.7. The van der Waals surface area contributed by atoms with Crippen LogP contribution in [-0.2, 0) is 9.59 Å². The molecular formula is C29H26BrIN4O3S. The highest BCUT2D eigenvalue weighted by molar-refractivity contribution is 14.1. The van der Waals surface area contributed by atoms with Crippen LogP contribution in [0.2, 0.25) is 0 Å². The van der Waals surface area contributed by atoms with Crippen molar-refractivity contribution in [3.63, 3.8) is 0 Å². The summed E-state index contributed by atoms with van der Waals surface area (Å²) in [7, 11) is 0. The molecule has 3 atom stereocenters. The van der Waals surface area contributed by atoms with Gasteiger partial charge in [-0.3, -0.25) is 9.59 Å². The second kappa shape index (κ2) is 12.6. The number of amides is 2. The lowest BCUT2D eigenvalue weighted by Gasteiger charge is -2.43. The molecule has 39 heavy (non-hydrogen) atoms. The van der Waals surface area contributed by atoms with Gasteiger partial charge in [0.2, 0.25) is 11.8 Å². The first-order valence-electron chi connectivity index (χ1n) is 12.0. The minimum atomic E-state index is -1.72. The predicted molar refractivity (Wildman–Crippen MR) is 167 cm³/mol. The lowest BCUT2D eigenvalue weighted by molar-refractivity contribution is -0.132. The van der Waals surface area contributed by atoms with Crippen LogP contribution in [0, 0.1) is 27.7 Å². The minimum Gasteiger partial charge on any atom is -0.370 e. The summed E-state index contributed by atoms with van der Waals surface area (Å²) in [5, 5.41) is 31.1.